The molecule has 1 N–H and O–H groups in total. The summed E-state index contributed by atoms with van der Waals surface area (Å²) in [6.45, 7) is 1.02. The average Bonchev–Trinajstić information content (AvgIpc) is 2.46. The van der Waals surface area contributed by atoms with E-state index < -0.39 is 0 Å². The summed E-state index contributed by atoms with van der Waals surface area (Å²) in [5, 5.41) is 8.92. The minimum atomic E-state index is 0.0486. The third-order valence-corrected chi connectivity index (χ3v) is 3.07. The Morgan fingerprint density at radius 3 is 1.74 bits per heavy atom. The van der Waals surface area contributed by atoms with Crippen LogP contribution in [0.2, 0.25) is 0 Å². The fourth-order valence-corrected chi connectivity index (χ4v) is 1.81. The molecular formula is C15H15BrO3. The van der Waals surface area contributed by atoms with Crippen molar-refractivity contribution < 1.29 is 14.6 Å². The second-order valence-corrected chi connectivity index (χ2v) is 4.87. The topological polar surface area (TPSA) is 38.7 Å². The highest BCUT2D eigenvalue weighted by atomic mass is 79.9. The lowest BCUT2D eigenvalue weighted by molar-refractivity contribution is 0.217. The van der Waals surface area contributed by atoms with Gasteiger partial charge < -0.3 is 14.6 Å². The zero-order valence-electron chi connectivity index (χ0n) is 10.4. The number of hydrogen-bond acceptors (Lipinski definition) is 3. The van der Waals surface area contributed by atoms with Crippen LogP contribution in [0.3, 0.4) is 0 Å². The lowest BCUT2D eigenvalue weighted by atomic mass is 10.2. The van der Waals surface area contributed by atoms with E-state index in [2.05, 4.69) is 15.9 Å². The molecule has 0 saturated carbocycles. The Balaban J connectivity index is 1.72. The SMILES string of the molecule is OCc1ccc(OCCOc2ccc(Br)cc2)cc1. The summed E-state index contributed by atoms with van der Waals surface area (Å²) >= 11 is 3.37. The van der Waals surface area contributed by atoms with E-state index in [1.165, 1.54) is 0 Å². The van der Waals surface area contributed by atoms with E-state index in [-0.39, 0.29) is 6.61 Å². The molecule has 19 heavy (non-hydrogen) atoms. The molecule has 100 valence electrons. The summed E-state index contributed by atoms with van der Waals surface area (Å²) < 4.78 is 12.1. The van der Waals surface area contributed by atoms with Crippen LogP contribution in [-0.4, -0.2) is 18.3 Å². The van der Waals surface area contributed by atoms with E-state index in [9.17, 15) is 0 Å². The fourth-order valence-electron chi connectivity index (χ4n) is 1.54. The molecule has 0 aliphatic rings. The molecule has 2 rings (SSSR count). The van der Waals surface area contributed by atoms with Crippen LogP contribution in [0.1, 0.15) is 5.56 Å². The van der Waals surface area contributed by atoms with Gasteiger partial charge in [0.05, 0.1) is 6.61 Å². The maximum atomic E-state index is 8.92. The zero-order chi connectivity index (χ0) is 13.5. The summed E-state index contributed by atoms with van der Waals surface area (Å²) in [5.41, 5.74) is 0.874. The Morgan fingerprint density at radius 1 is 0.789 bits per heavy atom. The molecule has 3 nitrogen and oxygen atoms in total. The molecule has 0 heterocycles. The van der Waals surface area contributed by atoms with Crippen LogP contribution in [0.4, 0.5) is 0 Å². The summed E-state index contributed by atoms with van der Waals surface area (Å²) in [4.78, 5) is 0. The smallest absolute Gasteiger partial charge is 0.122 e. The van der Waals surface area contributed by atoms with Crippen LogP contribution in [0.15, 0.2) is 53.0 Å². The molecule has 0 saturated heterocycles. The molecule has 0 aromatic heterocycles. The van der Waals surface area contributed by atoms with Crippen molar-refractivity contribution in [2.24, 2.45) is 0 Å². The standard InChI is InChI=1S/C15H15BrO3/c16-13-3-7-15(8-4-13)19-10-9-18-14-5-1-12(11-17)2-6-14/h1-8,17H,9-11H2. The van der Waals surface area contributed by atoms with Gasteiger partial charge in [0, 0.05) is 4.47 Å². The number of hydrogen-bond donors (Lipinski definition) is 1. The normalized spacial score (nSPS) is 10.2. The number of aliphatic hydroxyl groups excluding tert-OH is 1. The second kappa shape index (κ2) is 7.16. The predicted molar refractivity (Wildman–Crippen MR) is 77.5 cm³/mol. The van der Waals surface area contributed by atoms with Crippen molar-refractivity contribution in [3.05, 3.63) is 58.6 Å². The molecular weight excluding hydrogens is 308 g/mol. The molecule has 0 bridgehead atoms. The lowest BCUT2D eigenvalue weighted by Gasteiger charge is -2.08. The van der Waals surface area contributed by atoms with Crippen LogP contribution in [0.25, 0.3) is 0 Å². The molecule has 0 fully saturated rings. The molecule has 0 aliphatic heterocycles. The highest BCUT2D eigenvalue weighted by molar-refractivity contribution is 9.10. The Kier molecular flexibility index (Phi) is 5.24. The molecule has 2 aromatic carbocycles. The van der Waals surface area contributed by atoms with E-state index in [4.69, 9.17) is 14.6 Å². The van der Waals surface area contributed by atoms with Gasteiger partial charge in [-0.05, 0) is 42.0 Å². The van der Waals surface area contributed by atoms with Gasteiger partial charge in [-0.3, -0.25) is 0 Å². The molecule has 0 spiro atoms. The van der Waals surface area contributed by atoms with Crippen molar-refractivity contribution in [2.75, 3.05) is 13.2 Å². The summed E-state index contributed by atoms with van der Waals surface area (Å²) in [7, 11) is 0. The first-order valence-corrected chi connectivity index (χ1v) is 6.78. The quantitative estimate of drug-likeness (QED) is 0.828. The Morgan fingerprint density at radius 2 is 1.26 bits per heavy atom. The van der Waals surface area contributed by atoms with E-state index in [1.807, 2.05) is 48.5 Å². The molecule has 0 atom stereocenters. The van der Waals surface area contributed by atoms with Gasteiger partial charge in [-0.2, -0.15) is 0 Å². The molecule has 2 aromatic rings. The van der Waals surface area contributed by atoms with Crippen molar-refractivity contribution in [2.45, 2.75) is 6.61 Å². The Hall–Kier alpha value is -1.52. The maximum absolute atomic E-state index is 8.92. The summed E-state index contributed by atoms with van der Waals surface area (Å²) in [6, 6.07) is 15.0. The molecule has 0 aliphatic carbocycles. The third-order valence-electron chi connectivity index (χ3n) is 2.54. The van der Waals surface area contributed by atoms with E-state index in [0.29, 0.717) is 13.2 Å². The van der Waals surface area contributed by atoms with Gasteiger partial charge in [-0.1, -0.05) is 28.1 Å². The van der Waals surface area contributed by atoms with Gasteiger partial charge in [0.25, 0.3) is 0 Å². The molecule has 0 amide bonds. The van der Waals surface area contributed by atoms with Crippen molar-refractivity contribution in [3.63, 3.8) is 0 Å². The van der Waals surface area contributed by atoms with Gasteiger partial charge in [0.2, 0.25) is 0 Å². The van der Waals surface area contributed by atoms with Crippen molar-refractivity contribution in [3.8, 4) is 11.5 Å². The highest BCUT2D eigenvalue weighted by Crippen LogP contribution is 2.16. The minimum absolute atomic E-state index is 0.0486. The largest absolute Gasteiger partial charge is 0.490 e. The minimum Gasteiger partial charge on any atom is -0.490 e. The van der Waals surface area contributed by atoms with Crippen LogP contribution in [-0.2, 0) is 6.61 Å². The number of rotatable bonds is 6. The molecule has 4 heteroatoms. The predicted octanol–water partition coefficient (Wildman–Crippen LogP) is 3.40. The van der Waals surface area contributed by atoms with Gasteiger partial charge in [-0.25, -0.2) is 0 Å². The van der Waals surface area contributed by atoms with Gasteiger partial charge in [0.15, 0.2) is 0 Å². The first kappa shape index (κ1) is 13.9. The second-order valence-electron chi connectivity index (χ2n) is 3.95. The van der Waals surface area contributed by atoms with Crippen LogP contribution in [0, 0.1) is 0 Å². The fraction of sp³-hybridized carbons (Fsp3) is 0.200. The number of benzene rings is 2. The van der Waals surface area contributed by atoms with Gasteiger partial charge in [-0.15, -0.1) is 0 Å². The van der Waals surface area contributed by atoms with E-state index in [0.717, 1.165) is 21.5 Å². The van der Waals surface area contributed by atoms with Crippen LogP contribution < -0.4 is 9.47 Å². The third kappa shape index (κ3) is 4.58. The van der Waals surface area contributed by atoms with Gasteiger partial charge >= 0.3 is 0 Å². The Labute approximate surface area is 120 Å². The summed E-state index contributed by atoms with van der Waals surface area (Å²) in [5.74, 6) is 1.60. The van der Waals surface area contributed by atoms with E-state index >= 15 is 0 Å². The number of halogens is 1. The summed E-state index contributed by atoms with van der Waals surface area (Å²) in [6.07, 6.45) is 0. The lowest BCUT2D eigenvalue weighted by Crippen LogP contribution is -2.08. The first-order valence-electron chi connectivity index (χ1n) is 5.99. The average molecular weight is 323 g/mol. The monoisotopic (exact) mass is 322 g/mol. The first-order chi connectivity index (χ1) is 9.28. The van der Waals surface area contributed by atoms with Crippen LogP contribution in [0.5, 0.6) is 11.5 Å². The molecule has 0 radical (unpaired) electrons. The Bertz CT molecular complexity index is 494. The van der Waals surface area contributed by atoms with Crippen molar-refractivity contribution in [1.82, 2.24) is 0 Å². The van der Waals surface area contributed by atoms with Crippen LogP contribution >= 0.6 is 15.9 Å². The van der Waals surface area contributed by atoms with Crippen molar-refractivity contribution >= 4 is 15.9 Å². The molecule has 0 unspecified atom stereocenters. The van der Waals surface area contributed by atoms with Crippen molar-refractivity contribution in [1.29, 1.82) is 0 Å². The number of ether oxygens (including phenoxy) is 2. The number of aliphatic hydroxyl groups is 1. The zero-order valence-corrected chi connectivity index (χ0v) is 12.0. The van der Waals surface area contributed by atoms with Gasteiger partial charge in [0.1, 0.15) is 24.7 Å². The van der Waals surface area contributed by atoms with E-state index in [1.54, 1.807) is 0 Å². The maximum Gasteiger partial charge on any atom is 0.122 e. The highest BCUT2D eigenvalue weighted by Gasteiger charge is 1.96.